The maximum absolute atomic E-state index is 11.5. The lowest BCUT2D eigenvalue weighted by Crippen LogP contribution is -2.32. The zero-order valence-corrected chi connectivity index (χ0v) is 8.66. The van der Waals surface area contributed by atoms with E-state index in [9.17, 15) is 9.90 Å². The van der Waals surface area contributed by atoms with Crippen LogP contribution < -0.4 is 10.6 Å². The van der Waals surface area contributed by atoms with Crippen molar-refractivity contribution in [2.75, 3.05) is 19.6 Å². The first kappa shape index (κ1) is 11.5. The van der Waals surface area contributed by atoms with E-state index in [0.29, 0.717) is 13.1 Å². The molecular weight excluding hydrogens is 194 g/mol. The largest absolute Gasteiger partial charge is 0.505 e. The molecule has 1 aromatic rings. The molecule has 0 bridgehead atoms. The van der Waals surface area contributed by atoms with Gasteiger partial charge in [0.1, 0.15) is 5.75 Å². The van der Waals surface area contributed by atoms with Crippen LogP contribution >= 0.6 is 0 Å². The number of likely N-dealkylation sites (N-methyl/N-ethyl adjacent to an activating group) is 1. The normalized spacial score (nSPS) is 9.93. The predicted molar refractivity (Wildman–Crippen MR) is 56.8 cm³/mol. The summed E-state index contributed by atoms with van der Waals surface area (Å²) < 4.78 is 0. The molecule has 0 radical (unpaired) electrons. The number of carbonyl (C=O) groups is 1. The minimum atomic E-state index is -0.356. The number of pyridine rings is 1. The minimum Gasteiger partial charge on any atom is -0.505 e. The van der Waals surface area contributed by atoms with Crippen LogP contribution in [0.25, 0.3) is 0 Å². The van der Waals surface area contributed by atoms with Crippen molar-refractivity contribution >= 4 is 5.91 Å². The number of carbonyl (C=O) groups excluding carboxylic acids is 1. The van der Waals surface area contributed by atoms with E-state index < -0.39 is 0 Å². The topological polar surface area (TPSA) is 74.2 Å². The van der Waals surface area contributed by atoms with Gasteiger partial charge in [0.15, 0.2) is 5.69 Å². The van der Waals surface area contributed by atoms with Gasteiger partial charge in [0.05, 0.1) is 0 Å². The number of aromatic nitrogens is 1. The highest BCUT2D eigenvalue weighted by Crippen LogP contribution is 2.11. The van der Waals surface area contributed by atoms with Crippen molar-refractivity contribution in [2.24, 2.45) is 0 Å². The second kappa shape index (κ2) is 5.98. The van der Waals surface area contributed by atoms with Crippen LogP contribution in [0.3, 0.4) is 0 Å². The molecule has 0 aliphatic heterocycles. The van der Waals surface area contributed by atoms with Crippen molar-refractivity contribution in [1.82, 2.24) is 15.6 Å². The molecule has 0 atom stereocenters. The van der Waals surface area contributed by atoms with Crippen molar-refractivity contribution in [3.8, 4) is 5.75 Å². The van der Waals surface area contributed by atoms with E-state index in [-0.39, 0.29) is 17.4 Å². The highest BCUT2D eigenvalue weighted by atomic mass is 16.3. The molecule has 0 aliphatic carbocycles. The van der Waals surface area contributed by atoms with E-state index in [4.69, 9.17) is 0 Å². The maximum Gasteiger partial charge on any atom is 0.273 e. The average molecular weight is 209 g/mol. The molecule has 0 saturated carbocycles. The number of hydrogen-bond donors (Lipinski definition) is 3. The van der Waals surface area contributed by atoms with Crippen LogP contribution in [0, 0.1) is 0 Å². The molecule has 15 heavy (non-hydrogen) atoms. The fraction of sp³-hybridized carbons (Fsp3) is 0.400. The van der Waals surface area contributed by atoms with Crippen LogP contribution in [0.1, 0.15) is 17.4 Å². The van der Waals surface area contributed by atoms with E-state index in [0.717, 1.165) is 6.54 Å². The summed E-state index contributed by atoms with van der Waals surface area (Å²) in [6, 6.07) is 3.01. The maximum atomic E-state index is 11.5. The Kier molecular flexibility index (Phi) is 4.56. The van der Waals surface area contributed by atoms with E-state index in [1.165, 1.54) is 12.3 Å². The molecule has 0 fully saturated rings. The van der Waals surface area contributed by atoms with Crippen molar-refractivity contribution in [1.29, 1.82) is 0 Å². The highest BCUT2D eigenvalue weighted by Gasteiger charge is 2.10. The molecule has 5 nitrogen and oxygen atoms in total. The monoisotopic (exact) mass is 209 g/mol. The van der Waals surface area contributed by atoms with Gasteiger partial charge < -0.3 is 15.7 Å². The smallest absolute Gasteiger partial charge is 0.273 e. The molecule has 5 heteroatoms. The highest BCUT2D eigenvalue weighted by molar-refractivity contribution is 5.94. The predicted octanol–water partition coefficient (Wildman–Crippen LogP) is 0.126. The number of nitrogens with one attached hydrogen (secondary N) is 2. The van der Waals surface area contributed by atoms with Gasteiger partial charge in [-0.2, -0.15) is 0 Å². The lowest BCUT2D eigenvalue weighted by Gasteiger charge is -2.05. The third kappa shape index (κ3) is 3.55. The van der Waals surface area contributed by atoms with E-state index >= 15 is 0 Å². The van der Waals surface area contributed by atoms with Gasteiger partial charge in [-0.1, -0.05) is 6.92 Å². The standard InChI is InChI=1S/C10H15N3O2/c1-2-11-6-7-13-10(15)9-8(14)4-3-5-12-9/h3-5,11,14H,2,6-7H2,1H3,(H,13,15). The van der Waals surface area contributed by atoms with Crippen LogP contribution in [-0.2, 0) is 0 Å². The van der Waals surface area contributed by atoms with Crippen LogP contribution in [0.15, 0.2) is 18.3 Å². The Hall–Kier alpha value is -1.62. The SMILES string of the molecule is CCNCCNC(=O)c1ncccc1O. The Labute approximate surface area is 88.5 Å². The quantitative estimate of drug-likeness (QED) is 0.602. The Bertz CT molecular complexity index is 328. The zero-order chi connectivity index (χ0) is 11.1. The number of nitrogens with zero attached hydrogens (tertiary/aromatic N) is 1. The van der Waals surface area contributed by atoms with Crippen LogP contribution in [0.2, 0.25) is 0 Å². The van der Waals surface area contributed by atoms with Gasteiger partial charge in [0.2, 0.25) is 0 Å². The summed E-state index contributed by atoms with van der Waals surface area (Å²) in [6.07, 6.45) is 1.47. The fourth-order valence-corrected chi connectivity index (χ4v) is 1.10. The van der Waals surface area contributed by atoms with Crippen LogP contribution in [-0.4, -0.2) is 35.6 Å². The summed E-state index contributed by atoms with van der Waals surface area (Å²) >= 11 is 0. The molecule has 82 valence electrons. The summed E-state index contributed by atoms with van der Waals surface area (Å²) in [4.78, 5) is 15.3. The first-order valence-corrected chi connectivity index (χ1v) is 4.88. The van der Waals surface area contributed by atoms with E-state index in [1.807, 2.05) is 6.92 Å². The molecule has 0 aliphatic rings. The molecule has 0 saturated heterocycles. The summed E-state index contributed by atoms with van der Waals surface area (Å²) in [5, 5.41) is 15.1. The summed E-state index contributed by atoms with van der Waals surface area (Å²) in [5.74, 6) is -0.454. The van der Waals surface area contributed by atoms with Crippen molar-refractivity contribution < 1.29 is 9.90 Å². The van der Waals surface area contributed by atoms with E-state index in [1.54, 1.807) is 6.07 Å². The lowest BCUT2D eigenvalue weighted by molar-refractivity contribution is 0.0946. The molecule has 0 spiro atoms. The number of hydrogen-bond acceptors (Lipinski definition) is 4. The van der Waals surface area contributed by atoms with Gasteiger partial charge in [0.25, 0.3) is 5.91 Å². The van der Waals surface area contributed by atoms with Gasteiger partial charge in [-0.25, -0.2) is 4.98 Å². The first-order valence-electron chi connectivity index (χ1n) is 4.88. The van der Waals surface area contributed by atoms with Crippen molar-refractivity contribution in [3.05, 3.63) is 24.0 Å². The first-order chi connectivity index (χ1) is 7.25. The van der Waals surface area contributed by atoms with Crippen LogP contribution in [0.5, 0.6) is 5.75 Å². The van der Waals surface area contributed by atoms with Gasteiger partial charge >= 0.3 is 0 Å². The Morgan fingerprint density at radius 2 is 2.33 bits per heavy atom. The minimum absolute atomic E-state index is 0.0639. The Morgan fingerprint density at radius 1 is 1.53 bits per heavy atom. The summed E-state index contributed by atoms with van der Waals surface area (Å²) in [6.45, 7) is 4.08. The zero-order valence-electron chi connectivity index (χ0n) is 8.66. The Morgan fingerprint density at radius 3 is 3.00 bits per heavy atom. The third-order valence-electron chi connectivity index (χ3n) is 1.84. The second-order valence-corrected chi connectivity index (χ2v) is 2.98. The molecule has 1 aromatic heterocycles. The molecule has 1 amide bonds. The van der Waals surface area contributed by atoms with E-state index in [2.05, 4.69) is 15.6 Å². The summed E-state index contributed by atoms with van der Waals surface area (Å²) in [5.41, 5.74) is 0.0639. The summed E-state index contributed by atoms with van der Waals surface area (Å²) in [7, 11) is 0. The number of amides is 1. The third-order valence-corrected chi connectivity index (χ3v) is 1.84. The van der Waals surface area contributed by atoms with Gasteiger partial charge in [-0.05, 0) is 18.7 Å². The number of aromatic hydroxyl groups is 1. The number of rotatable bonds is 5. The molecule has 1 rings (SSSR count). The average Bonchev–Trinajstić information content (AvgIpc) is 2.25. The Balaban J connectivity index is 2.44. The molecule has 0 unspecified atom stereocenters. The molecular formula is C10H15N3O2. The van der Waals surface area contributed by atoms with Crippen molar-refractivity contribution in [3.63, 3.8) is 0 Å². The lowest BCUT2D eigenvalue weighted by atomic mass is 10.3. The molecule has 1 heterocycles. The van der Waals surface area contributed by atoms with Gasteiger partial charge in [0, 0.05) is 19.3 Å². The van der Waals surface area contributed by atoms with Crippen molar-refractivity contribution in [2.45, 2.75) is 6.92 Å². The van der Waals surface area contributed by atoms with Crippen LogP contribution in [0.4, 0.5) is 0 Å². The van der Waals surface area contributed by atoms with Gasteiger partial charge in [-0.15, -0.1) is 0 Å². The second-order valence-electron chi connectivity index (χ2n) is 2.98. The molecule has 3 N–H and O–H groups in total. The molecule has 0 aromatic carbocycles. The fourth-order valence-electron chi connectivity index (χ4n) is 1.10. The van der Waals surface area contributed by atoms with Gasteiger partial charge in [-0.3, -0.25) is 4.79 Å².